The highest BCUT2D eigenvalue weighted by Crippen LogP contribution is 2.33. The van der Waals surface area contributed by atoms with Gasteiger partial charge in [0, 0.05) is 24.0 Å². The Morgan fingerprint density at radius 1 is 1.42 bits per heavy atom. The summed E-state index contributed by atoms with van der Waals surface area (Å²) in [6.45, 7) is 4.22. The topological polar surface area (TPSA) is 51.5 Å². The van der Waals surface area contributed by atoms with E-state index in [0.29, 0.717) is 12.5 Å². The smallest absolute Gasteiger partial charge is 0.303 e. The lowest BCUT2D eigenvalue weighted by Crippen LogP contribution is -1.98. The molecule has 0 saturated carbocycles. The Balaban J connectivity index is 2.58. The fraction of sp³-hybridized carbons (Fsp3) is 0.400. The lowest BCUT2D eigenvalue weighted by Gasteiger charge is -2.09. The number of aryl methyl sites for hydroxylation is 1. The van der Waals surface area contributed by atoms with Crippen molar-refractivity contribution in [3.05, 3.63) is 30.0 Å². The molecule has 2 rings (SSSR count). The molecule has 0 spiro atoms. The number of carboxylic acids is 1. The van der Waals surface area contributed by atoms with Gasteiger partial charge in [0.25, 0.3) is 0 Å². The van der Waals surface area contributed by atoms with Gasteiger partial charge in [-0.1, -0.05) is 6.07 Å². The van der Waals surface area contributed by atoms with Crippen molar-refractivity contribution in [3.8, 4) is 5.75 Å². The van der Waals surface area contributed by atoms with Crippen LogP contribution in [-0.2, 0) is 11.2 Å². The van der Waals surface area contributed by atoms with E-state index in [0.717, 1.165) is 22.2 Å². The molecule has 0 aliphatic heterocycles. The molecule has 0 aliphatic rings. The van der Waals surface area contributed by atoms with Gasteiger partial charge < -0.3 is 14.4 Å². The molecule has 1 heterocycles. The van der Waals surface area contributed by atoms with Crippen LogP contribution >= 0.6 is 0 Å². The van der Waals surface area contributed by atoms with Crippen molar-refractivity contribution in [2.24, 2.45) is 0 Å². The van der Waals surface area contributed by atoms with E-state index in [2.05, 4.69) is 18.4 Å². The summed E-state index contributed by atoms with van der Waals surface area (Å²) in [5, 5.41) is 9.88. The summed E-state index contributed by atoms with van der Waals surface area (Å²) in [6, 6.07) is 6.24. The Hall–Kier alpha value is -1.97. The number of fused-ring (bicyclic) bond motifs is 1. The van der Waals surface area contributed by atoms with Gasteiger partial charge in [0.15, 0.2) is 0 Å². The molecule has 1 N–H and O–H groups in total. The van der Waals surface area contributed by atoms with Crippen LogP contribution in [0, 0.1) is 0 Å². The number of carboxylic acid groups (broad SMARTS) is 1. The fourth-order valence-corrected chi connectivity index (χ4v) is 2.39. The van der Waals surface area contributed by atoms with E-state index >= 15 is 0 Å². The predicted molar refractivity (Wildman–Crippen MR) is 74.8 cm³/mol. The first-order valence-electron chi connectivity index (χ1n) is 6.42. The summed E-state index contributed by atoms with van der Waals surface area (Å²) in [5.41, 5.74) is 2.12. The van der Waals surface area contributed by atoms with E-state index in [-0.39, 0.29) is 6.42 Å². The lowest BCUT2D eigenvalue weighted by molar-refractivity contribution is -0.136. The molecule has 2 aromatic rings. The Morgan fingerprint density at radius 3 is 2.74 bits per heavy atom. The summed E-state index contributed by atoms with van der Waals surface area (Å²) in [4.78, 5) is 10.8. The number of aliphatic carboxylic acids is 1. The van der Waals surface area contributed by atoms with Gasteiger partial charge in [-0.25, -0.2) is 0 Å². The number of benzene rings is 1. The molecule has 0 fully saturated rings. The lowest BCUT2D eigenvalue weighted by atomic mass is 10.1. The number of carbonyl (C=O) groups is 1. The second-order valence-corrected chi connectivity index (χ2v) is 4.90. The van der Waals surface area contributed by atoms with Crippen LogP contribution in [0.25, 0.3) is 10.9 Å². The number of nitrogens with zero attached hydrogens (tertiary/aromatic N) is 1. The molecule has 0 saturated heterocycles. The van der Waals surface area contributed by atoms with Crippen molar-refractivity contribution in [2.45, 2.75) is 32.7 Å². The van der Waals surface area contributed by atoms with Crippen LogP contribution < -0.4 is 4.74 Å². The zero-order valence-corrected chi connectivity index (χ0v) is 11.5. The van der Waals surface area contributed by atoms with Gasteiger partial charge in [-0.15, -0.1) is 0 Å². The second kappa shape index (κ2) is 5.34. The molecule has 0 aliphatic carbocycles. The van der Waals surface area contributed by atoms with Gasteiger partial charge in [-0.2, -0.15) is 0 Å². The Bertz CT molecular complexity index is 599. The number of aromatic nitrogens is 1. The fourth-order valence-electron chi connectivity index (χ4n) is 2.39. The third-order valence-electron chi connectivity index (χ3n) is 3.28. The van der Waals surface area contributed by atoms with Gasteiger partial charge in [0.05, 0.1) is 12.6 Å². The maximum Gasteiger partial charge on any atom is 0.303 e. The number of rotatable bonds is 5. The molecule has 0 atom stereocenters. The van der Waals surface area contributed by atoms with Crippen LogP contribution in [0.2, 0.25) is 0 Å². The zero-order valence-electron chi connectivity index (χ0n) is 11.5. The number of hydrogen-bond donors (Lipinski definition) is 1. The van der Waals surface area contributed by atoms with Gasteiger partial charge >= 0.3 is 5.97 Å². The van der Waals surface area contributed by atoms with Crippen LogP contribution in [0.4, 0.5) is 0 Å². The molecule has 0 radical (unpaired) electrons. The summed E-state index contributed by atoms with van der Waals surface area (Å²) in [5.74, 6) is 0.0256. The van der Waals surface area contributed by atoms with E-state index in [9.17, 15) is 4.79 Å². The first kappa shape index (κ1) is 13.5. The minimum atomic E-state index is -0.777. The molecule has 0 amide bonds. The Morgan fingerprint density at radius 2 is 2.16 bits per heavy atom. The van der Waals surface area contributed by atoms with E-state index in [1.807, 2.05) is 24.4 Å². The number of methoxy groups -OCH3 is 1. The third-order valence-corrected chi connectivity index (χ3v) is 3.28. The molecular formula is C15H19NO3. The van der Waals surface area contributed by atoms with E-state index in [4.69, 9.17) is 9.84 Å². The maximum atomic E-state index is 10.8. The molecule has 4 nitrogen and oxygen atoms in total. The van der Waals surface area contributed by atoms with Crippen LogP contribution in [0.5, 0.6) is 5.75 Å². The Kier molecular flexibility index (Phi) is 3.79. The van der Waals surface area contributed by atoms with Crippen molar-refractivity contribution < 1.29 is 14.6 Å². The summed E-state index contributed by atoms with van der Waals surface area (Å²) >= 11 is 0. The van der Waals surface area contributed by atoms with Gasteiger partial charge in [-0.3, -0.25) is 4.79 Å². The minimum absolute atomic E-state index is 0.134. The Labute approximate surface area is 112 Å². The number of ether oxygens (including phenoxy) is 1. The predicted octanol–water partition coefficient (Wildman–Crippen LogP) is 3.25. The van der Waals surface area contributed by atoms with Gasteiger partial charge in [0.2, 0.25) is 0 Å². The zero-order chi connectivity index (χ0) is 14.0. The van der Waals surface area contributed by atoms with E-state index < -0.39 is 5.97 Å². The maximum absolute atomic E-state index is 10.8. The third kappa shape index (κ3) is 2.57. The average molecular weight is 261 g/mol. The van der Waals surface area contributed by atoms with Crippen LogP contribution in [0.1, 0.15) is 31.9 Å². The van der Waals surface area contributed by atoms with Crippen molar-refractivity contribution in [1.82, 2.24) is 4.57 Å². The van der Waals surface area contributed by atoms with Crippen molar-refractivity contribution >= 4 is 16.9 Å². The van der Waals surface area contributed by atoms with Crippen molar-refractivity contribution in [1.29, 1.82) is 0 Å². The van der Waals surface area contributed by atoms with Crippen molar-refractivity contribution in [2.75, 3.05) is 7.11 Å². The van der Waals surface area contributed by atoms with Crippen molar-refractivity contribution in [3.63, 3.8) is 0 Å². The molecule has 0 unspecified atom stereocenters. The highest BCUT2D eigenvalue weighted by Gasteiger charge is 2.15. The van der Waals surface area contributed by atoms with Crippen LogP contribution in [0.15, 0.2) is 24.4 Å². The van der Waals surface area contributed by atoms with E-state index in [1.165, 1.54) is 0 Å². The van der Waals surface area contributed by atoms with Gasteiger partial charge in [0.1, 0.15) is 5.75 Å². The summed E-state index contributed by atoms with van der Waals surface area (Å²) in [6.07, 6.45) is 2.70. The van der Waals surface area contributed by atoms with Crippen LogP contribution in [-0.4, -0.2) is 22.8 Å². The highest BCUT2D eigenvalue weighted by molar-refractivity contribution is 5.90. The monoisotopic (exact) mass is 261 g/mol. The second-order valence-electron chi connectivity index (χ2n) is 4.90. The first-order valence-corrected chi connectivity index (χ1v) is 6.42. The quantitative estimate of drug-likeness (QED) is 0.898. The summed E-state index contributed by atoms with van der Waals surface area (Å²) < 4.78 is 7.57. The van der Waals surface area contributed by atoms with Crippen LogP contribution in [0.3, 0.4) is 0 Å². The molecule has 19 heavy (non-hydrogen) atoms. The number of hydrogen-bond acceptors (Lipinski definition) is 2. The highest BCUT2D eigenvalue weighted by atomic mass is 16.5. The molecule has 0 bridgehead atoms. The SMILES string of the molecule is COc1cccc2c1c(CCC(=O)O)cn2C(C)C. The average Bonchev–Trinajstić information content (AvgIpc) is 2.75. The molecule has 1 aromatic carbocycles. The van der Waals surface area contributed by atoms with E-state index in [1.54, 1.807) is 7.11 Å². The molecular weight excluding hydrogens is 242 g/mol. The van der Waals surface area contributed by atoms with Gasteiger partial charge in [-0.05, 0) is 38.0 Å². The standard InChI is InChI=1S/C15H19NO3/c1-10(2)16-9-11(7-8-14(17)18)15-12(16)5-4-6-13(15)19-3/h4-6,9-10H,7-8H2,1-3H3,(H,17,18). The normalized spacial score (nSPS) is 11.2. The molecule has 102 valence electrons. The first-order chi connectivity index (χ1) is 9.04. The molecule has 4 heteroatoms. The molecule has 1 aromatic heterocycles. The summed E-state index contributed by atoms with van der Waals surface area (Å²) in [7, 11) is 1.64. The largest absolute Gasteiger partial charge is 0.496 e. The minimum Gasteiger partial charge on any atom is -0.496 e.